The molecule has 1 aliphatic heterocycles. The molecule has 0 atom stereocenters. The maximum Gasteiger partial charge on any atom is 0.150 e. The molecule has 1 fully saturated rings. The number of hydrogen-bond acceptors (Lipinski definition) is 4. The van der Waals surface area contributed by atoms with Crippen molar-refractivity contribution in [3.8, 4) is 10.7 Å². The molecule has 0 radical (unpaired) electrons. The number of ether oxygens (including phenoxy) is 1. The van der Waals surface area contributed by atoms with Crippen LogP contribution >= 0.6 is 11.3 Å². The van der Waals surface area contributed by atoms with Gasteiger partial charge in [-0.15, -0.1) is 11.3 Å². The Hall–Kier alpha value is -1.17. The van der Waals surface area contributed by atoms with E-state index in [2.05, 4.69) is 15.6 Å². The predicted octanol–water partition coefficient (Wildman–Crippen LogP) is 1.62. The minimum atomic E-state index is -0.118. The van der Waals surface area contributed by atoms with Crippen molar-refractivity contribution in [1.82, 2.24) is 9.55 Å². The lowest BCUT2D eigenvalue weighted by Crippen LogP contribution is -2.48. The highest BCUT2D eigenvalue weighted by Gasteiger charge is 2.38. The van der Waals surface area contributed by atoms with Gasteiger partial charge in [0.25, 0.3) is 0 Å². The number of thiophene rings is 1. The smallest absolute Gasteiger partial charge is 0.150 e. The van der Waals surface area contributed by atoms with Gasteiger partial charge < -0.3 is 14.4 Å². The van der Waals surface area contributed by atoms with E-state index in [1.807, 2.05) is 17.6 Å². The van der Waals surface area contributed by atoms with Crippen LogP contribution in [0.15, 0.2) is 29.9 Å². The summed E-state index contributed by atoms with van der Waals surface area (Å²) >= 11 is 1.68. The highest BCUT2D eigenvalue weighted by molar-refractivity contribution is 7.13. The van der Waals surface area contributed by atoms with E-state index in [1.165, 1.54) is 0 Å². The van der Waals surface area contributed by atoms with Gasteiger partial charge >= 0.3 is 0 Å². The molecule has 3 rings (SSSR count). The number of rotatable bonds is 4. The van der Waals surface area contributed by atoms with Gasteiger partial charge in [-0.25, -0.2) is 4.98 Å². The molecule has 1 aliphatic rings. The fraction of sp³-hybridized carbons (Fsp3) is 0.417. The number of imidazole rings is 1. The molecule has 0 bridgehead atoms. The van der Waals surface area contributed by atoms with Gasteiger partial charge in [-0.05, 0) is 11.4 Å². The first-order chi connectivity index (χ1) is 8.33. The van der Waals surface area contributed by atoms with Crippen molar-refractivity contribution in [2.24, 2.45) is 5.41 Å². The second kappa shape index (κ2) is 4.25. The molecule has 17 heavy (non-hydrogen) atoms. The largest absolute Gasteiger partial charge is 0.396 e. The number of aliphatic hydroxyl groups is 1. The lowest BCUT2D eigenvalue weighted by atomic mass is 9.87. The Kier molecular flexibility index (Phi) is 2.74. The number of aliphatic hydroxyl groups excluding tert-OH is 1. The summed E-state index contributed by atoms with van der Waals surface area (Å²) in [6.45, 7) is 2.18. The van der Waals surface area contributed by atoms with Crippen molar-refractivity contribution in [1.29, 1.82) is 0 Å². The average molecular weight is 250 g/mol. The molecule has 90 valence electrons. The summed E-state index contributed by atoms with van der Waals surface area (Å²) in [5.74, 6) is 0.972. The molecule has 5 heteroatoms. The van der Waals surface area contributed by atoms with Crippen LogP contribution in [0.3, 0.4) is 0 Å². The Morgan fingerprint density at radius 3 is 3.00 bits per heavy atom. The Balaban J connectivity index is 1.87. The van der Waals surface area contributed by atoms with Crippen LogP contribution in [0.4, 0.5) is 0 Å². The summed E-state index contributed by atoms with van der Waals surface area (Å²) in [7, 11) is 0. The summed E-state index contributed by atoms with van der Waals surface area (Å²) in [5, 5.41) is 11.5. The summed E-state index contributed by atoms with van der Waals surface area (Å²) in [6.07, 6.45) is 3.77. The quantitative estimate of drug-likeness (QED) is 0.897. The maximum atomic E-state index is 9.45. The van der Waals surface area contributed by atoms with Gasteiger partial charge in [0.1, 0.15) is 5.82 Å². The highest BCUT2D eigenvalue weighted by atomic mass is 32.1. The zero-order valence-electron chi connectivity index (χ0n) is 9.37. The monoisotopic (exact) mass is 250 g/mol. The molecule has 3 heterocycles. The fourth-order valence-corrected chi connectivity index (χ4v) is 2.79. The SMILES string of the molecule is OCC1(Cn2ccnc2-c2cccs2)COC1. The van der Waals surface area contributed by atoms with Crippen LogP contribution in [0.1, 0.15) is 0 Å². The maximum absolute atomic E-state index is 9.45. The van der Waals surface area contributed by atoms with Gasteiger partial charge in [-0.3, -0.25) is 0 Å². The van der Waals surface area contributed by atoms with Crippen molar-refractivity contribution in [2.75, 3.05) is 19.8 Å². The van der Waals surface area contributed by atoms with Crippen molar-refractivity contribution in [3.05, 3.63) is 29.9 Å². The number of hydrogen-bond donors (Lipinski definition) is 1. The molecule has 0 saturated carbocycles. The Morgan fingerprint density at radius 1 is 1.53 bits per heavy atom. The predicted molar refractivity (Wildman–Crippen MR) is 65.9 cm³/mol. The summed E-state index contributed by atoms with van der Waals surface area (Å²) < 4.78 is 7.32. The molecule has 1 N–H and O–H groups in total. The molecule has 0 amide bonds. The van der Waals surface area contributed by atoms with Crippen LogP contribution in [0, 0.1) is 5.41 Å². The van der Waals surface area contributed by atoms with Crippen LogP contribution in [0.25, 0.3) is 10.7 Å². The van der Waals surface area contributed by atoms with Crippen molar-refractivity contribution in [3.63, 3.8) is 0 Å². The molecule has 2 aromatic heterocycles. The van der Waals surface area contributed by atoms with Gasteiger partial charge in [-0.2, -0.15) is 0 Å². The normalized spacial score (nSPS) is 17.9. The molecular weight excluding hydrogens is 236 g/mol. The minimum absolute atomic E-state index is 0.118. The van der Waals surface area contributed by atoms with Crippen molar-refractivity contribution < 1.29 is 9.84 Å². The summed E-state index contributed by atoms with van der Waals surface area (Å²) in [4.78, 5) is 5.54. The molecule has 0 aromatic carbocycles. The third-order valence-corrected chi connectivity index (χ3v) is 3.98. The van der Waals surface area contributed by atoms with E-state index in [4.69, 9.17) is 4.74 Å². The molecule has 1 saturated heterocycles. The summed E-state index contributed by atoms with van der Waals surface area (Å²) in [5.41, 5.74) is -0.118. The molecule has 0 unspecified atom stereocenters. The third-order valence-electron chi connectivity index (χ3n) is 3.11. The van der Waals surface area contributed by atoms with Gasteiger partial charge in [0.2, 0.25) is 0 Å². The van der Waals surface area contributed by atoms with E-state index in [0.717, 1.165) is 17.2 Å². The molecule has 0 aliphatic carbocycles. The lowest BCUT2D eigenvalue weighted by Gasteiger charge is -2.40. The fourth-order valence-electron chi connectivity index (χ4n) is 2.05. The van der Waals surface area contributed by atoms with Gasteiger partial charge in [0.05, 0.1) is 30.1 Å². The number of nitrogens with zero attached hydrogens (tertiary/aromatic N) is 2. The third kappa shape index (κ3) is 1.90. The van der Waals surface area contributed by atoms with Gasteiger partial charge in [0.15, 0.2) is 0 Å². The van der Waals surface area contributed by atoms with Crippen LogP contribution < -0.4 is 0 Å². The van der Waals surface area contributed by atoms with Crippen LogP contribution in [0.2, 0.25) is 0 Å². The first-order valence-corrected chi connectivity index (χ1v) is 6.45. The highest BCUT2D eigenvalue weighted by Crippen LogP contribution is 2.31. The van der Waals surface area contributed by atoms with E-state index >= 15 is 0 Å². The Labute approximate surface area is 103 Å². The number of aromatic nitrogens is 2. The van der Waals surface area contributed by atoms with Gasteiger partial charge in [-0.1, -0.05) is 6.07 Å². The standard InChI is InChI=1S/C12H14N2O2S/c15-7-12(8-16-9-12)6-14-4-3-13-11(14)10-2-1-5-17-10/h1-5,15H,6-9H2. The first kappa shape index (κ1) is 11.0. The van der Waals surface area contributed by atoms with Crippen LogP contribution in [-0.4, -0.2) is 34.5 Å². The Bertz CT molecular complexity index is 483. The second-order valence-electron chi connectivity index (χ2n) is 4.51. The first-order valence-electron chi connectivity index (χ1n) is 5.57. The average Bonchev–Trinajstić information content (AvgIpc) is 2.93. The summed E-state index contributed by atoms with van der Waals surface area (Å²) in [6, 6.07) is 4.08. The Morgan fingerprint density at radius 2 is 2.41 bits per heavy atom. The second-order valence-corrected chi connectivity index (χ2v) is 5.45. The van der Waals surface area contributed by atoms with Crippen molar-refractivity contribution >= 4 is 11.3 Å². The molecule has 2 aromatic rings. The minimum Gasteiger partial charge on any atom is -0.396 e. The van der Waals surface area contributed by atoms with E-state index in [0.29, 0.717) is 13.2 Å². The topological polar surface area (TPSA) is 47.3 Å². The molecule has 0 spiro atoms. The molecular formula is C12H14N2O2S. The molecule has 4 nitrogen and oxygen atoms in total. The van der Waals surface area contributed by atoms with E-state index < -0.39 is 0 Å². The lowest BCUT2D eigenvalue weighted by molar-refractivity contribution is -0.144. The van der Waals surface area contributed by atoms with Gasteiger partial charge in [0, 0.05) is 18.9 Å². The van der Waals surface area contributed by atoms with Crippen LogP contribution in [0.5, 0.6) is 0 Å². The van der Waals surface area contributed by atoms with E-state index in [1.54, 1.807) is 17.5 Å². The van der Waals surface area contributed by atoms with Crippen LogP contribution in [-0.2, 0) is 11.3 Å². The zero-order valence-corrected chi connectivity index (χ0v) is 10.2. The van der Waals surface area contributed by atoms with E-state index in [-0.39, 0.29) is 12.0 Å². The van der Waals surface area contributed by atoms with Crippen molar-refractivity contribution in [2.45, 2.75) is 6.54 Å². The zero-order chi connectivity index (χ0) is 11.7. The van der Waals surface area contributed by atoms with E-state index in [9.17, 15) is 5.11 Å².